The molecule has 2 aromatic carbocycles. The Morgan fingerprint density at radius 1 is 1.03 bits per heavy atom. The lowest BCUT2D eigenvalue weighted by Gasteiger charge is -2.35. The number of aryl methyl sites for hydroxylation is 2. The molecule has 1 fully saturated rings. The maximum Gasteiger partial charge on any atom is 0.267 e. The van der Waals surface area contributed by atoms with Gasteiger partial charge in [-0.15, -0.1) is 11.3 Å². The van der Waals surface area contributed by atoms with Crippen LogP contribution in [0, 0.1) is 19.7 Å². The van der Waals surface area contributed by atoms with Crippen molar-refractivity contribution in [3.8, 4) is 0 Å². The van der Waals surface area contributed by atoms with Crippen LogP contribution in [0.2, 0.25) is 0 Å². The number of hydrogen-bond donors (Lipinski definition) is 1. The van der Waals surface area contributed by atoms with Crippen molar-refractivity contribution in [2.45, 2.75) is 18.7 Å². The fraction of sp³-hybridized carbons (Fsp3) is 0.261. The molecule has 0 atom stereocenters. The minimum Gasteiger partial charge on any atom is -0.369 e. The molecule has 9 heteroatoms. The van der Waals surface area contributed by atoms with Crippen LogP contribution in [0.1, 0.15) is 20.8 Å². The number of anilines is 2. The quantitative estimate of drug-likeness (QED) is 0.601. The van der Waals surface area contributed by atoms with Crippen LogP contribution in [0.25, 0.3) is 0 Å². The molecule has 1 aromatic heterocycles. The maximum atomic E-state index is 13.8. The average molecular weight is 474 g/mol. The second-order valence-corrected chi connectivity index (χ2v) is 10.6. The van der Waals surface area contributed by atoms with Crippen molar-refractivity contribution in [2.75, 3.05) is 36.4 Å². The lowest BCUT2D eigenvalue weighted by atomic mass is 10.2. The summed E-state index contributed by atoms with van der Waals surface area (Å²) < 4.78 is 41.8. The van der Waals surface area contributed by atoms with E-state index < -0.39 is 21.7 Å². The van der Waals surface area contributed by atoms with E-state index in [1.54, 1.807) is 24.4 Å². The van der Waals surface area contributed by atoms with E-state index >= 15 is 0 Å². The van der Waals surface area contributed by atoms with Gasteiger partial charge in [0, 0.05) is 37.6 Å². The lowest BCUT2D eigenvalue weighted by Crippen LogP contribution is -2.48. The van der Waals surface area contributed by atoms with E-state index in [0.717, 1.165) is 22.6 Å². The Morgan fingerprint density at radius 3 is 2.47 bits per heavy atom. The van der Waals surface area contributed by atoms with Gasteiger partial charge in [-0.25, -0.2) is 12.8 Å². The Labute approximate surface area is 191 Å². The zero-order valence-electron chi connectivity index (χ0n) is 17.8. The number of thiophene rings is 1. The van der Waals surface area contributed by atoms with Gasteiger partial charge in [-0.2, -0.15) is 4.31 Å². The number of benzene rings is 2. The summed E-state index contributed by atoms with van der Waals surface area (Å²) in [5.74, 6) is -1.01. The average Bonchev–Trinajstić information content (AvgIpc) is 3.28. The van der Waals surface area contributed by atoms with E-state index in [2.05, 4.69) is 16.3 Å². The van der Waals surface area contributed by atoms with Crippen LogP contribution < -0.4 is 10.2 Å². The largest absolute Gasteiger partial charge is 0.369 e. The highest BCUT2D eigenvalue weighted by Crippen LogP contribution is 2.28. The number of carbonyl (C=O) groups is 1. The maximum absolute atomic E-state index is 13.8. The summed E-state index contributed by atoms with van der Waals surface area (Å²) in [5.41, 5.74) is 2.97. The predicted molar refractivity (Wildman–Crippen MR) is 126 cm³/mol. The van der Waals surface area contributed by atoms with Crippen LogP contribution in [-0.4, -0.2) is 44.8 Å². The van der Waals surface area contributed by atoms with Crippen molar-refractivity contribution < 1.29 is 17.6 Å². The van der Waals surface area contributed by atoms with E-state index in [1.165, 1.54) is 16.4 Å². The van der Waals surface area contributed by atoms with Crippen molar-refractivity contribution in [2.24, 2.45) is 0 Å². The first-order valence-corrected chi connectivity index (χ1v) is 12.5. The molecule has 0 radical (unpaired) electrons. The van der Waals surface area contributed by atoms with Crippen LogP contribution in [0.5, 0.6) is 0 Å². The Balaban J connectivity index is 1.49. The van der Waals surface area contributed by atoms with Gasteiger partial charge in [0.05, 0.1) is 0 Å². The Bertz CT molecular complexity index is 1250. The molecule has 32 heavy (non-hydrogen) atoms. The van der Waals surface area contributed by atoms with Gasteiger partial charge in [0.2, 0.25) is 10.0 Å². The molecular formula is C23H24FN3O3S2. The van der Waals surface area contributed by atoms with Crippen molar-refractivity contribution in [1.29, 1.82) is 0 Å². The number of carbonyl (C=O) groups excluding carboxylic acids is 1. The minimum atomic E-state index is -3.83. The summed E-state index contributed by atoms with van der Waals surface area (Å²) in [6, 6.07) is 13.9. The topological polar surface area (TPSA) is 69.7 Å². The van der Waals surface area contributed by atoms with Gasteiger partial charge in [-0.1, -0.05) is 18.2 Å². The molecule has 0 saturated carbocycles. The fourth-order valence-corrected chi connectivity index (χ4v) is 6.39. The highest BCUT2D eigenvalue weighted by atomic mass is 32.2. The highest BCUT2D eigenvalue weighted by molar-refractivity contribution is 7.89. The monoisotopic (exact) mass is 473 g/mol. The van der Waals surface area contributed by atoms with E-state index in [9.17, 15) is 17.6 Å². The number of halogens is 1. The molecule has 0 spiro atoms. The van der Waals surface area contributed by atoms with Gasteiger partial charge in [0.25, 0.3) is 5.91 Å². The summed E-state index contributed by atoms with van der Waals surface area (Å²) in [4.78, 5) is 15.0. The number of piperazine rings is 1. The summed E-state index contributed by atoms with van der Waals surface area (Å²) >= 11 is 1.05. The Kier molecular flexibility index (Phi) is 6.32. The first-order chi connectivity index (χ1) is 15.3. The first kappa shape index (κ1) is 22.4. The van der Waals surface area contributed by atoms with E-state index in [4.69, 9.17) is 0 Å². The third-order valence-corrected chi connectivity index (χ3v) is 8.47. The smallest absolute Gasteiger partial charge is 0.267 e. The van der Waals surface area contributed by atoms with E-state index in [-0.39, 0.29) is 15.5 Å². The van der Waals surface area contributed by atoms with Gasteiger partial charge >= 0.3 is 0 Å². The second-order valence-electron chi connectivity index (χ2n) is 7.76. The minimum absolute atomic E-state index is 0.0170. The molecule has 0 bridgehead atoms. The molecule has 4 rings (SSSR count). The van der Waals surface area contributed by atoms with Gasteiger partial charge in [0.15, 0.2) is 0 Å². The molecule has 0 unspecified atom stereocenters. The van der Waals surface area contributed by atoms with Gasteiger partial charge in [-0.05, 0) is 60.7 Å². The molecule has 1 saturated heterocycles. The Morgan fingerprint density at radius 2 is 1.78 bits per heavy atom. The number of sulfonamides is 1. The number of nitrogens with one attached hydrogen (secondary N) is 1. The number of amides is 1. The van der Waals surface area contributed by atoms with Crippen LogP contribution in [0.4, 0.5) is 15.8 Å². The molecule has 1 aliphatic rings. The second kappa shape index (κ2) is 9.01. The third-order valence-electron chi connectivity index (χ3n) is 5.49. The SMILES string of the molecule is Cc1cccc(N2CCN(S(=O)(=O)c3ccsc3C(=O)Nc3ccc(C)c(F)c3)CC2)c1. The molecule has 168 valence electrons. The molecular weight excluding hydrogens is 449 g/mol. The summed E-state index contributed by atoms with van der Waals surface area (Å²) in [7, 11) is -3.83. The van der Waals surface area contributed by atoms with Crippen LogP contribution in [0.3, 0.4) is 0 Å². The number of rotatable bonds is 5. The summed E-state index contributed by atoms with van der Waals surface area (Å²) in [6.45, 7) is 5.45. The van der Waals surface area contributed by atoms with Crippen LogP contribution >= 0.6 is 11.3 Å². The van der Waals surface area contributed by atoms with Crippen molar-refractivity contribution in [3.63, 3.8) is 0 Å². The molecule has 1 amide bonds. The lowest BCUT2D eigenvalue weighted by molar-refractivity contribution is 0.102. The van der Waals surface area contributed by atoms with Gasteiger partial charge in [-0.3, -0.25) is 4.79 Å². The molecule has 1 aliphatic heterocycles. The van der Waals surface area contributed by atoms with Crippen LogP contribution in [-0.2, 0) is 10.0 Å². The van der Waals surface area contributed by atoms with Crippen LogP contribution in [0.15, 0.2) is 58.8 Å². The molecule has 0 aliphatic carbocycles. The normalized spacial score (nSPS) is 15.0. The summed E-state index contributed by atoms with van der Waals surface area (Å²) in [5, 5.41) is 4.19. The van der Waals surface area contributed by atoms with Gasteiger partial charge in [0.1, 0.15) is 15.6 Å². The molecule has 1 N–H and O–H groups in total. The van der Waals surface area contributed by atoms with Crippen molar-refractivity contribution >= 4 is 38.6 Å². The zero-order chi connectivity index (χ0) is 22.9. The first-order valence-electron chi connectivity index (χ1n) is 10.2. The van der Waals surface area contributed by atoms with Crippen molar-refractivity contribution in [1.82, 2.24) is 4.31 Å². The fourth-order valence-electron chi connectivity index (χ4n) is 3.68. The van der Waals surface area contributed by atoms with E-state index in [0.29, 0.717) is 31.7 Å². The van der Waals surface area contributed by atoms with Gasteiger partial charge < -0.3 is 10.2 Å². The molecule has 2 heterocycles. The number of hydrogen-bond acceptors (Lipinski definition) is 5. The van der Waals surface area contributed by atoms with Crippen molar-refractivity contribution in [3.05, 3.63) is 75.7 Å². The summed E-state index contributed by atoms with van der Waals surface area (Å²) in [6.07, 6.45) is 0. The standard InChI is InChI=1S/C23H24FN3O3S2/c1-16-4-3-5-19(14-16)26-9-11-27(12-10-26)32(29,30)21-8-13-31-22(21)23(28)25-18-7-6-17(2)20(24)15-18/h3-8,13-15H,9-12H2,1-2H3,(H,25,28). The predicted octanol–water partition coefficient (Wildman–Crippen LogP) is 4.27. The molecule has 3 aromatic rings. The number of nitrogens with zero attached hydrogens (tertiary/aromatic N) is 2. The highest BCUT2D eigenvalue weighted by Gasteiger charge is 2.32. The van der Waals surface area contributed by atoms with E-state index in [1.807, 2.05) is 25.1 Å². The molecule has 6 nitrogen and oxygen atoms in total. The Hall–Kier alpha value is -2.75. The third kappa shape index (κ3) is 4.55. The zero-order valence-corrected chi connectivity index (χ0v) is 19.5.